The molecule has 2 rings (SSSR count). The molecule has 14 heavy (non-hydrogen) atoms. The van der Waals surface area contributed by atoms with Gasteiger partial charge in [-0.15, -0.1) is 0 Å². The smallest absolute Gasteiger partial charge is 0.217 e. The van der Waals surface area contributed by atoms with E-state index in [1.165, 1.54) is 6.42 Å². The molecule has 5 heteroatoms. The largest absolute Gasteiger partial charge is 0.314 e. The van der Waals surface area contributed by atoms with E-state index in [9.17, 15) is 8.42 Å². The standard InChI is InChI=1S/C9H18N2O2S/c12-14(13,9-6-10-7-9)11-8-4-2-1-3-5-8/h8-11H,1-7H2. The highest BCUT2D eigenvalue weighted by atomic mass is 32.2. The lowest BCUT2D eigenvalue weighted by molar-refractivity contribution is 0.403. The molecule has 0 aromatic heterocycles. The highest BCUT2D eigenvalue weighted by molar-refractivity contribution is 7.90. The van der Waals surface area contributed by atoms with Crippen LogP contribution in [0.2, 0.25) is 0 Å². The van der Waals surface area contributed by atoms with Crippen molar-refractivity contribution in [2.75, 3.05) is 13.1 Å². The molecule has 0 aromatic rings. The summed E-state index contributed by atoms with van der Waals surface area (Å²) in [6.07, 6.45) is 5.61. The van der Waals surface area contributed by atoms with Crippen LogP contribution >= 0.6 is 0 Å². The molecule has 2 fully saturated rings. The molecule has 0 bridgehead atoms. The van der Waals surface area contributed by atoms with Gasteiger partial charge in [0.1, 0.15) is 5.25 Å². The van der Waals surface area contributed by atoms with Crippen molar-refractivity contribution < 1.29 is 8.42 Å². The Labute approximate surface area is 85.5 Å². The van der Waals surface area contributed by atoms with Crippen molar-refractivity contribution in [1.82, 2.24) is 10.0 Å². The van der Waals surface area contributed by atoms with E-state index < -0.39 is 10.0 Å². The van der Waals surface area contributed by atoms with E-state index in [-0.39, 0.29) is 11.3 Å². The maximum atomic E-state index is 11.7. The Kier molecular flexibility index (Phi) is 3.09. The quantitative estimate of drug-likeness (QED) is 0.712. The Morgan fingerprint density at radius 2 is 1.71 bits per heavy atom. The Bertz CT molecular complexity index is 279. The van der Waals surface area contributed by atoms with E-state index >= 15 is 0 Å². The third-order valence-corrected chi connectivity index (χ3v) is 4.99. The summed E-state index contributed by atoms with van der Waals surface area (Å²) in [4.78, 5) is 0. The summed E-state index contributed by atoms with van der Waals surface area (Å²) in [6.45, 7) is 1.23. The Morgan fingerprint density at radius 1 is 1.07 bits per heavy atom. The SMILES string of the molecule is O=S(=O)(NC1CCCCC1)C1CNC1. The van der Waals surface area contributed by atoms with Gasteiger partial charge in [0.05, 0.1) is 0 Å². The minimum absolute atomic E-state index is 0.190. The summed E-state index contributed by atoms with van der Waals surface area (Å²) in [7, 11) is -3.04. The van der Waals surface area contributed by atoms with E-state index in [0.29, 0.717) is 13.1 Å². The van der Waals surface area contributed by atoms with Crippen molar-refractivity contribution in [2.45, 2.75) is 43.4 Å². The molecular formula is C9H18N2O2S. The molecule has 0 unspecified atom stereocenters. The molecule has 1 saturated heterocycles. The molecule has 0 radical (unpaired) electrons. The van der Waals surface area contributed by atoms with Crippen molar-refractivity contribution in [1.29, 1.82) is 0 Å². The van der Waals surface area contributed by atoms with Gasteiger partial charge in [0, 0.05) is 19.1 Å². The fraction of sp³-hybridized carbons (Fsp3) is 1.00. The third-order valence-electron chi connectivity index (χ3n) is 3.12. The van der Waals surface area contributed by atoms with E-state index in [1.54, 1.807) is 0 Å². The van der Waals surface area contributed by atoms with Crippen molar-refractivity contribution in [3.63, 3.8) is 0 Å². The van der Waals surface area contributed by atoms with Gasteiger partial charge in [0.15, 0.2) is 0 Å². The molecule has 2 aliphatic rings. The average molecular weight is 218 g/mol. The van der Waals surface area contributed by atoms with Crippen LogP contribution in [0.1, 0.15) is 32.1 Å². The van der Waals surface area contributed by atoms with Crippen LogP contribution in [0.5, 0.6) is 0 Å². The molecule has 0 amide bonds. The number of hydrogen-bond acceptors (Lipinski definition) is 3. The van der Waals surface area contributed by atoms with Crippen LogP contribution < -0.4 is 10.0 Å². The first-order valence-corrected chi connectivity index (χ1v) is 6.95. The molecule has 2 N–H and O–H groups in total. The number of rotatable bonds is 3. The third kappa shape index (κ3) is 2.27. The van der Waals surface area contributed by atoms with Gasteiger partial charge < -0.3 is 5.32 Å². The van der Waals surface area contributed by atoms with Crippen molar-refractivity contribution in [2.24, 2.45) is 0 Å². The van der Waals surface area contributed by atoms with Crippen molar-refractivity contribution >= 4 is 10.0 Å². The number of sulfonamides is 1. The van der Waals surface area contributed by atoms with Gasteiger partial charge in [-0.25, -0.2) is 13.1 Å². The van der Waals surface area contributed by atoms with Crippen LogP contribution in [0.25, 0.3) is 0 Å². The maximum Gasteiger partial charge on any atom is 0.217 e. The zero-order valence-electron chi connectivity index (χ0n) is 8.33. The summed E-state index contributed by atoms with van der Waals surface area (Å²) in [5.41, 5.74) is 0. The predicted octanol–water partition coefficient (Wildman–Crippen LogP) is 0.210. The van der Waals surface area contributed by atoms with Gasteiger partial charge in [0.25, 0.3) is 0 Å². The molecule has 1 aliphatic heterocycles. The van der Waals surface area contributed by atoms with Gasteiger partial charge in [-0.05, 0) is 12.8 Å². The number of hydrogen-bond donors (Lipinski definition) is 2. The Balaban J connectivity index is 1.88. The van der Waals surface area contributed by atoms with Crippen LogP contribution in [0, 0.1) is 0 Å². The lowest BCUT2D eigenvalue weighted by Gasteiger charge is -2.30. The van der Waals surface area contributed by atoms with E-state index in [1.807, 2.05) is 0 Å². The van der Waals surface area contributed by atoms with E-state index in [2.05, 4.69) is 10.0 Å². The second-order valence-electron chi connectivity index (χ2n) is 4.28. The minimum Gasteiger partial charge on any atom is -0.314 e. The van der Waals surface area contributed by atoms with Gasteiger partial charge in [-0.2, -0.15) is 0 Å². The summed E-state index contributed by atoms with van der Waals surface area (Å²) in [5, 5.41) is 2.80. The Hall–Kier alpha value is -0.130. The first-order chi connectivity index (χ1) is 6.68. The van der Waals surface area contributed by atoms with Crippen LogP contribution in [0.3, 0.4) is 0 Å². The van der Waals surface area contributed by atoms with Crippen LogP contribution in [-0.2, 0) is 10.0 Å². The molecule has 0 atom stereocenters. The second-order valence-corrected chi connectivity index (χ2v) is 6.27. The molecule has 1 heterocycles. The first-order valence-electron chi connectivity index (χ1n) is 5.40. The summed E-state index contributed by atoms with van der Waals surface area (Å²) in [6, 6.07) is 0.203. The van der Waals surface area contributed by atoms with Crippen LogP contribution in [-0.4, -0.2) is 32.8 Å². The predicted molar refractivity (Wildman–Crippen MR) is 55.6 cm³/mol. The maximum absolute atomic E-state index is 11.7. The zero-order chi connectivity index (χ0) is 10.0. The summed E-state index contributed by atoms with van der Waals surface area (Å²) < 4.78 is 26.3. The fourth-order valence-electron chi connectivity index (χ4n) is 2.03. The van der Waals surface area contributed by atoms with Gasteiger partial charge in [0.2, 0.25) is 10.0 Å². The van der Waals surface area contributed by atoms with Crippen LogP contribution in [0.4, 0.5) is 0 Å². The average Bonchev–Trinajstić information content (AvgIpc) is 2.00. The monoisotopic (exact) mass is 218 g/mol. The molecule has 1 aliphatic carbocycles. The van der Waals surface area contributed by atoms with Gasteiger partial charge in [-0.1, -0.05) is 19.3 Å². The van der Waals surface area contributed by atoms with Gasteiger partial charge >= 0.3 is 0 Å². The lowest BCUT2D eigenvalue weighted by Crippen LogP contribution is -2.56. The first kappa shape index (κ1) is 10.4. The highest BCUT2D eigenvalue weighted by Crippen LogP contribution is 2.19. The second kappa shape index (κ2) is 4.16. The summed E-state index contributed by atoms with van der Waals surface area (Å²) in [5.74, 6) is 0. The van der Waals surface area contributed by atoms with Crippen molar-refractivity contribution in [3.05, 3.63) is 0 Å². The molecule has 0 aromatic carbocycles. The van der Waals surface area contributed by atoms with Crippen LogP contribution in [0.15, 0.2) is 0 Å². The molecule has 1 saturated carbocycles. The lowest BCUT2D eigenvalue weighted by atomic mass is 9.96. The van der Waals surface area contributed by atoms with E-state index in [0.717, 1.165) is 25.7 Å². The molecular weight excluding hydrogens is 200 g/mol. The van der Waals surface area contributed by atoms with E-state index in [4.69, 9.17) is 0 Å². The highest BCUT2D eigenvalue weighted by Gasteiger charge is 2.32. The minimum atomic E-state index is -3.04. The fourth-order valence-corrected chi connectivity index (χ4v) is 3.60. The van der Waals surface area contributed by atoms with Gasteiger partial charge in [-0.3, -0.25) is 0 Å². The summed E-state index contributed by atoms with van der Waals surface area (Å²) >= 11 is 0. The molecule has 0 spiro atoms. The normalized spacial score (nSPS) is 26.0. The Morgan fingerprint density at radius 3 is 2.21 bits per heavy atom. The number of nitrogens with one attached hydrogen (secondary N) is 2. The zero-order valence-corrected chi connectivity index (χ0v) is 9.15. The van der Waals surface area contributed by atoms with Crippen molar-refractivity contribution in [3.8, 4) is 0 Å². The molecule has 82 valence electrons. The molecule has 4 nitrogen and oxygen atoms in total. The topological polar surface area (TPSA) is 58.2 Å².